The smallest absolute Gasteiger partial charge is 0.359 e. The van der Waals surface area contributed by atoms with E-state index < -0.39 is 5.97 Å². The number of nitrogens with zero attached hydrogens (tertiary/aromatic N) is 1. The van der Waals surface area contributed by atoms with E-state index in [0.29, 0.717) is 5.57 Å². The Morgan fingerprint density at radius 2 is 2.44 bits per heavy atom. The second-order valence-corrected chi connectivity index (χ2v) is 1.50. The highest BCUT2D eigenvalue weighted by Crippen LogP contribution is 1.90. The Morgan fingerprint density at radius 1 is 1.89 bits per heavy atom. The van der Waals surface area contributed by atoms with Gasteiger partial charge in [0.2, 0.25) is 0 Å². The quantitative estimate of drug-likeness (QED) is 0.313. The maximum absolute atomic E-state index is 10.4. The topological polar surface area (TPSA) is 30.7 Å². The molecule has 0 aromatic rings. The Morgan fingerprint density at radius 3 is 2.78 bits per heavy atom. The molecule has 0 aromatic heterocycles. The lowest BCUT2D eigenvalue weighted by atomic mass is 10.4. The highest BCUT2D eigenvalue weighted by Gasteiger charge is 2.01. The highest BCUT2D eigenvalue weighted by molar-refractivity contribution is 5.86. The molecule has 0 rings (SSSR count). The Kier molecular flexibility index (Phi) is 3.14. The Hall–Kier alpha value is -1.30. The average molecular weight is 125 g/mol. The minimum Gasteiger partial charge on any atom is -0.390 e. The van der Waals surface area contributed by atoms with E-state index in [2.05, 4.69) is 16.2 Å². The minimum absolute atomic E-state index is 0.217. The van der Waals surface area contributed by atoms with Crippen molar-refractivity contribution >= 4 is 5.97 Å². The van der Waals surface area contributed by atoms with Crippen LogP contribution in [0.4, 0.5) is 0 Å². The molecule has 0 radical (unpaired) electrons. The van der Waals surface area contributed by atoms with E-state index in [1.54, 1.807) is 0 Å². The van der Waals surface area contributed by atoms with Gasteiger partial charge in [-0.25, -0.2) is 11.4 Å². The zero-order valence-corrected chi connectivity index (χ0v) is 5.18. The fourth-order valence-corrected chi connectivity index (χ4v) is 0.214. The van der Waals surface area contributed by atoms with Gasteiger partial charge in [-0.2, -0.15) is 0 Å². The molecule has 3 nitrogen and oxygen atoms in total. The summed E-state index contributed by atoms with van der Waals surface area (Å²) in [5.41, 5.74) is 0.318. The van der Waals surface area contributed by atoms with Crippen molar-refractivity contribution in [3.05, 3.63) is 23.6 Å². The van der Waals surface area contributed by atoms with Crippen LogP contribution >= 0.6 is 0 Å². The van der Waals surface area contributed by atoms with E-state index in [-0.39, 0.29) is 6.73 Å². The average Bonchev–Trinajstić information content (AvgIpc) is 1.82. The van der Waals surface area contributed by atoms with E-state index in [4.69, 9.17) is 6.57 Å². The molecular formula is C6H7NO2. The number of ether oxygens (including phenoxy) is 1. The number of hydrogen-bond donors (Lipinski definition) is 0. The lowest BCUT2D eigenvalue weighted by molar-refractivity contribution is -0.137. The second-order valence-electron chi connectivity index (χ2n) is 1.50. The van der Waals surface area contributed by atoms with Crippen LogP contribution in [0.5, 0.6) is 0 Å². The van der Waals surface area contributed by atoms with Crippen LogP contribution in [0.2, 0.25) is 0 Å². The molecule has 0 bridgehead atoms. The number of hydrogen-bond acceptors (Lipinski definition) is 2. The highest BCUT2D eigenvalue weighted by atomic mass is 16.5. The molecule has 0 aliphatic carbocycles. The van der Waals surface area contributed by atoms with Gasteiger partial charge in [0.1, 0.15) is 0 Å². The summed E-state index contributed by atoms with van der Waals surface area (Å²) in [6, 6.07) is 0. The van der Waals surface area contributed by atoms with Crippen LogP contribution in [0, 0.1) is 6.57 Å². The third kappa shape index (κ3) is 3.30. The van der Waals surface area contributed by atoms with Crippen molar-refractivity contribution in [3.8, 4) is 0 Å². The molecule has 48 valence electrons. The third-order valence-corrected chi connectivity index (χ3v) is 0.609. The van der Waals surface area contributed by atoms with Crippen molar-refractivity contribution in [3.63, 3.8) is 0 Å². The molecule has 0 N–H and O–H groups in total. The molecule has 9 heavy (non-hydrogen) atoms. The van der Waals surface area contributed by atoms with Crippen LogP contribution in [-0.4, -0.2) is 12.7 Å². The number of carbonyl (C=O) groups is 1. The van der Waals surface area contributed by atoms with E-state index in [1.807, 2.05) is 0 Å². The summed E-state index contributed by atoms with van der Waals surface area (Å²) in [5, 5.41) is 0. The molecule has 0 aliphatic rings. The fraction of sp³-hybridized carbons (Fsp3) is 0.333. The summed E-state index contributed by atoms with van der Waals surface area (Å²) < 4.78 is 4.36. The minimum atomic E-state index is -0.508. The van der Waals surface area contributed by atoms with Crippen molar-refractivity contribution in [1.29, 1.82) is 0 Å². The molecule has 0 unspecified atom stereocenters. The van der Waals surface area contributed by atoms with Gasteiger partial charge in [-0.3, -0.25) is 4.85 Å². The molecule has 3 heteroatoms. The van der Waals surface area contributed by atoms with Gasteiger partial charge in [0, 0.05) is 5.57 Å². The fourth-order valence-electron chi connectivity index (χ4n) is 0.214. The van der Waals surface area contributed by atoms with Crippen molar-refractivity contribution in [1.82, 2.24) is 0 Å². The molecule has 0 saturated heterocycles. The number of carbonyl (C=O) groups excluding carboxylic acids is 1. The third-order valence-electron chi connectivity index (χ3n) is 0.609. The first-order chi connectivity index (χ1) is 4.18. The Bertz CT molecular complexity index is 166. The summed E-state index contributed by atoms with van der Waals surface area (Å²) in [6.45, 7) is 10.9. The summed E-state index contributed by atoms with van der Waals surface area (Å²) in [4.78, 5) is 13.3. The summed E-state index contributed by atoms with van der Waals surface area (Å²) in [5.74, 6) is -0.508. The van der Waals surface area contributed by atoms with Gasteiger partial charge >= 0.3 is 12.7 Å². The van der Waals surface area contributed by atoms with Crippen molar-refractivity contribution in [2.45, 2.75) is 6.92 Å². The summed E-state index contributed by atoms with van der Waals surface area (Å²) in [6.07, 6.45) is 0. The monoisotopic (exact) mass is 125 g/mol. The number of rotatable bonds is 2. The normalized spacial score (nSPS) is 7.56. The SMILES string of the molecule is [C-]#[N+]COC(=O)C(=C)C. The molecule has 0 saturated carbocycles. The Balaban J connectivity index is 3.55. The first-order valence-electron chi connectivity index (χ1n) is 2.34. The van der Waals surface area contributed by atoms with Crippen LogP contribution in [0.3, 0.4) is 0 Å². The molecule has 0 fully saturated rings. The first kappa shape index (κ1) is 7.70. The maximum atomic E-state index is 10.4. The van der Waals surface area contributed by atoms with Gasteiger partial charge in [0.15, 0.2) is 0 Å². The molecule has 0 heterocycles. The van der Waals surface area contributed by atoms with Gasteiger partial charge < -0.3 is 4.74 Å². The zero-order valence-electron chi connectivity index (χ0n) is 5.18. The molecule has 0 amide bonds. The molecule has 0 atom stereocenters. The van der Waals surface area contributed by atoms with Crippen molar-refractivity contribution < 1.29 is 9.53 Å². The molecule has 0 aromatic carbocycles. The van der Waals surface area contributed by atoms with Crippen LogP contribution in [0.15, 0.2) is 12.2 Å². The van der Waals surface area contributed by atoms with Gasteiger partial charge in [0.25, 0.3) is 0 Å². The van der Waals surface area contributed by atoms with E-state index >= 15 is 0 Å². The lowest BCUT2D eigenvalue weighted by Gasteiger charge is -1.92. The van der Waals surface area contributed by atoms with E-state index in [0.717, 1.165) is 0 Å². The van der Waals surface area contributed by atoms with Crippen molar-refractivity contribution in [2.24, 2.45) is 0 Å². The summed E-state index contributed by atoms with van der Waals surface area (Å²) in [7, 11) is 0. The molecule has 0 aliphatic heterocycles. The molecular weight excluding hydrogens is 118 g/mol. The Labute approximate surface area is 53.8 Å². The van der Waals surface area contributed by atoms with Crippen LogP contribution in [0.25, 0.3) is 4.85 Å². The van der Waals surface area contributed by atoms with E-state index in [9.17, 15) is 4.79 Å². The lowest BCUT2D eigenvalue weighted by Crippen LogP contribution is -2.03. The standard InChI is InChI=1S/C6H7NO2/c1-5(2)6(8)9-4-7-3/h1,4H2,2H3. The van der Waals surface area contributed by atoms with Crippen LogP contribution in [0.1, 0.15) is 6.92 Å². The summed E-state index contributed by atoms with van der Waals surface area (Å²) >= 11 is 0. The number of esters is 1. The van der Waals surface area contributed by atoms with E-state index in [1.165, 1.54) is 6.92 Å². The van der Waals surface area contributed by atoms with Crippen LogP contribution < -0.4 is 0 Å². The maximum Gasteiger partial charge on any atom is 0.359 e. The van der Waals surface area contributed by atoms with Crippen LogP contribution in [-0.2, 0) is 9.53 Å². The van der Waals surface area contributed by atoms with Gasteiger partial charge in [-0.15, -0.1) is 0 Å². The molecule has 0 spiro atoms. The van der Waals surface area contributed by atoms with Crippen molar-refractivity contribution in [2.75, 3.05) is 6.73 Å². The largest absolute Gasteiger partial charge is 0.390 e. The zero-order chi connectivity index (χ0) is 7.28. The predicted molar refractivity (Wildman–Crippen MR) is 32.4 cm³/mol. The predicted octanol–water partition coefficient (Wildman–Crippen LogP) is 0.982. The van der Waals surface area contributed by atoms with Gasteiger partial charge in [-0.05, 0) is 6.92 Å². The first-order valence-corrected chi connectivity index (χ1v) is 2.34. The second kappa shape index (κ2) is 3.67. The van der Waals surface area contributed by atoms with Gasteiger partial charge in [0.05, 0.1) is 0 Å². The van der Waals surface area contributed by atoms with Gasteiger partial charge in [-0.1, -0.05) is 6.58 Å².